The standard InChI is InChI=1S/C19H23NO4S/c1-12(2)9-17(19(23)24)20-10-16(18(21)22)14-5-3-13(4-6-14)15-7-8-25-11-15/h3-8,11-12,16-17,20H,9-10H2,1-2H3,(H,21,22)(H,23,24). The first-order chi connectivity index (χ1) is 11.9. The van der Waals surface area contributed by atoms with Crippen LogP contribution in [-0.2, 0) is 9.59 Å². The molecule has 1 aromatic heterocycles. The number of thiophene rings is 1. The minimum atomic E-state index is -0.968. The highest BCUT2D eigenvalue weighted by Gasteiger charge is 2.24. The summed E-state index contributed by atoms with van der Waals surface area (Å²) in [5.74, 6) is -2.50. The van der Waals surface area contributed by atoms with Crippen molar-refractivity contribution in [3.63, 3.8) is 0 Å². The SMILES string of the molecule is CC(C)CC(NCC(C(=O)O)c1ccc(-c2ccsc2)cc1)C(=O)O. The van der Waals surface area contributed by atoms with Gasteiger partial charge in [0.2, 0.25) is 0 Å². The molecule has 134 valence electrons. The summed E-state index contributed by atoms with van der Waals surface area (Å²) >= 11 is 1.61. The molecule has 2 aromatic rings. The quantitative estimate of drug-likeness (QED) is 0.634. The summed E-state index contributed by atoms with van der Waals surface area (Å²) in [6, 6.07) is 8.66. The molecule has 0 radical (unpaired) electrons. The maximum Gasteiger partial charge on any atom is 0.320 e. The fraction of sp³-hybridized carbons (Fsp3) is 0.368. The number of rotatable bonds is 9. The van der Waals surface area contributed by atoms with E-state index in [0.29, 0.717) is 12.0 Å². The first-order valence-electron chi connectivity index (χ1n) is 8.20. The summed E-state index contributed by atoms with van der Waals surface area (Å²) < 4.78 is 0. The third kappa shape index (κ3) is 5.41. The molecule has 0 saturated heterocycles. The fourth-order valence-electron chi connectivity index (χ4n) is 2.69. The maximum atomic E-state index is 11.6. The van der Waals surface area contributed by atoms with Crippen molar-refractivity contribution in [2.75, 3.05) is 6.54 Å². The van der Waals surface area contributed by atoms with Gasteiger partial charge in [-0.3, -0.25) is 9.59 Å². The van der Waals surface area contributed by atoms with E-state index in [9.17, 15) is 19.8 Å². The van der Waals surface area contributed by atoms with Crippen molar-refractivity contribution in [1.29, 1.82) is 0 Å². The van der Waals surface area contributed by atoms with Gasteiger partial charge >= 0.3 is 11.9 Å². The van der Waals surface area contributed by atoms with Crippen LogP contribution in [0.4, 0.5) is 0 Å². The average Bonchev–Trinajstić information content (AvgIpc) is 3.08. The lowest BCUT2D eigenvalue weighted by Gasteiger charge is -2.20. The van der Waals surface area contributed by atoms with Crippen LogP contribution in [0.15, 0.2) is 41.1 Å². The first-order valence-corrected chi connectivity index (χ1v) is 9.14. The Kier molecular flexibility index (Phi) is 6.73. The second-order valence-electron chi connectivity index (χ2n) is 6.45. The number of aliphatic carboxylic acids is 2. The summed E-state index contributed by atoms with van der Waals surface area (Å²) in [5.41, 5.74) is 2.79. The van der Waals surface area contributed by atoms with Gasteiger partial charge in [-0.25, -0.2) is 0 Å². The highest BCUT2D eigenvalue weighted by atomic mass is 32.1. The van der Waals surface area contributed by atoms with Crippen LogP contribution in [0.3, 0.4) is 0 Å². The molecular formula is C19H23NO4S. The molecule has 3 N–H and O–H groups in total. The van der Waals surface area contributed by atoms with E-state index in [1.807, 2.05) is 42.8 Å². The Morgan fingerprint density at radius 2 is 1.72 bits per heavy atom. The third-order valence-electron chi connectivity index (χ3n) is 4.04. The van der Waals surface area contributed by atoms with Crippen molar-refractivity contribution in [2.45, 2.75) is 32.2 Å². The van der Waals surface area contributed by atoms with Crippen LogP contribution in [0, 0.1) is 5.92 Å². The molecule has 2 rings (SSSR count). The molecule has 1 heterocycles. The molecule has 0 fully saturated rings. The van der Waals surface area contributed by atoms with Crippen LogP contribution in [0.1, 0.15) is 31.7 Å². The lowest BCUT2D eigenvalue weighted by Crippen LogP contribution is -2.41. The predicted molar refractivity (Wildman–Crippen MR) is 99.0 cm³/mol. The van der Waals surface area contributed by atoms with Crippen molar-refractivity contribution < 1.29 is 19.8 Å². The van der Waals surface area contributed by atoms with Crippen LogP contribution in [0.2, 0.25) is 0 Å². The van der Waals surface area contributed by atoms with Crippen LogP contribution in [-0.4, -0.2) is 34.7 Å². The Labute approximate surface area is 151 Å². The van der Waals surface area contributed by atoms with Crippen molar-refractivity contribution in [3.05, 3.63) is 46.7 Å². The zero-order valence-electron chi connectivity index (χ0n) is 14.3. The van der Waals surface area contributed by atoms with Crippen LogP contribution in [0.25, 0.3) is 11.1 Å². The van der Waals surface area contributed by atoms with Crippen molar-refractivity contribution in [2.24, 2.45) is 5.92 Å². The molecule has 0 aliphatic carbocycles. The van der Waals surface area contributed by atoms with Gasteiger partial charge in [-0.1, -0.05) is 38.1 Å². The third-order valence-corrected chi connectivity index (χ3v) is 4.72. The molecule has 0 bridgehead atoms. The molecule has 1 aromatic carbocycles. The van der Waals surface area contributed by atoms with E-state index in [4.69, 9.17) is 0 Å². The molecule has 0 aliphatic heterocycles. The molecular weight excluding hydrogens is 338 g/mol. The summed E-state index contributed by atoms with van der Waals surface area (Å²) in [6.07, 6.45) is 0.457. The van der Waals surface area contributed by atoms with Gasteiger partial charge in [0.1, 0.15) is 6.04 Å². The van der Waals surface area contributed by atoms with Crippen molar-refractivity contribution in [3.8, 4) is 11.1 Å². The average molecular weight is 361 g/mol. The predicted octanol–water partition coefficient (Wildman–Crippen LogP) is 3.67. The van der Waals surface area contributed by atoms with Gasteiger partial charge in [-0.05, 0) is 45.9 Å². The molecule has 0 saturated carbocycles. The maximum absolute atomic E-state index is 11.6. The lowest BCUT2D eigenvalue weighted by molar-refractivity contribution is -0.142. The molecule has 5 nitrogen and oxygen atoms in total. The Bertz CT molecular complexity index is 695. The van der Waals surface area contributed by atoms with Crippen molar-refractivity contribution in [1.82, 2.24) is 5.32 Å². The molecule has 2 atom stereocenters. The van der Waals surface area contributed by atoms with Crippen LogP contribution < -0.4 is 5.32 Å². The topological polar surface area (TPSA) is 86.6 Å². The molecule has 0 spiro atoms. The van der Waals surface area contributed by atoms with E-state index in [0.717, 1.165) is 11.1 Å². The van der Waals surface area contributed by atoms with E-state index in [1.165, 1.54) is 0 Å². The van der Waals surface area contributed by atoms with E-state index in [1.54, 1.807) is 23.5 Å². The van der Waals surface area contributed by atoms with Gasteiger partial charge in [-0.2, -0.15) is 11.3 Å². The first kappa shape index (κ1) is 19.1. The highest BCUT2D eigenvalue weighted by molar-refractivity contribution is 7.08. The second kappa shape index (κ2) is 8.78. The number of hydrogen-bond donors (Lipinski definition) is 3. The molecule has 2 unspecified atom stereocenters. The van der Waals surface area contributed by atoms with Gasteiger partial charge in [-0.15, -0.1) is 0 Å². The summed E-state index contributed by atoms with van der Waals surface area (Å²) in [5, 5.41) is 25.7. The van der Waals surface area contributed by atoms with E-state index in [2.05, 4.69) is 5.32 Å². The van der Waals surface area contributed by atoms with Gasteiger partial charge in [0, 0.05) is 6.54 Å². The number of carbonyl (C=O) groups is 2. The Hall–Kier alpha value is -2.18. The monoisotopic (exact) mass is 361 g/mol. The second-order valence-corrected chi connectivity index (χ2v) is 7.23. The van der Waals surface area contributed by atoms with Gasteiger partial charge < -0.3 is 15.5 Å². The van der Waals surface area contributed by atoms with E-state index in [-0.39, 0.29) is 12.5 Å². The Morgan fingerprint density at radius 3 is 2.20 bits per heavy atom. The van der Waals surface area contributed by atoms with E-state index < -0.39 is 23.9 Å². The summed E-state index contributed by atoms with van der Waals surface area (Å²) in [6.45, 7) is 3.96. The zero-order chi connectivity index (χ0) is 18.4. The summed E-state index contributed by atoms with van der Waals surface area (Å²) in [7, 11) is 0. The minimum absolute atomic E-state index is 0.0802. The Morgan fingerprint density at radius 1 is 1.04 bits per heavy atom. The highest BCUT2D eigenvalue weighted by Crippen LogP contribution is 2.25. The van der Waals surface area contributed by atoms with Gasteiger partial charge in [0.25, 0.3) is 0 Å². The molecule has 0 aliphatic rings. The normalized spacial score (nSPS) is 13.6. The summed E-state index contributed by atoms with van der Waals surface area (Å²) in [4.78, 5) is 23.0. The molecule has 6 heteroatoms. The number of carboxylic acid groups (broad SMARTS) is 2. The molecule has 0 amide bonds. The molecule has 25 heavy (non-hydrogen) atoms. The number of benzene rings is 1. The lowest BCUT2D eigenvalue weighted by atomic mass is 9.96. The minimum Gasteiger partial charge on any atom is -0.481 e. The van der Waals surface area contributed by atoms with Crippen molar-refractivity contribution >= 4 is 23.3 Å². The smallest absolute Gasteiger partial charge is 0.320 e. The largest absolute Gasteiger partial charge is 0.481 e. The number of nitrogens with one attached hydrogen (secondary N) is 1. The Balaban J connectivity index is 2.09. The number of carboxylic acids is 2. The zero-order valence-corrected chi connectivity index (χ0v) is 15.1. The van der Waals surface area contributed by atoms with Crippen LogP contribution >= 0.6 is 11.3 Å². The van der Waals surface area contributed by atoms with Gasteiger partial charge in [0.15, 0.2) is 0 Å². The van der Waals surface area contributed by atoms with Gasteiger partial charge in [0.05, 0.1) is 5.92 Å². The fourth-order valence-corrected chi connectivity index (χ4v) is 3.35. The number of hydrogen-bond acceptors (Lipinski definition) is 4. The van der Waals surface area contributed by atoms with E-state index >= 15 is 0 Å². The van der Waals surface area contributed by atoms with Crippen LogP contribution in [0.5, 0.6) is 0 Å².